The van der Waals surface area contributed by atoms with Crippen LogP contribution in [-0.2, 0) is 62.0 Å². The smallest absolute Gasteiger partial charge is 0.490 e. The number of hydrogen-bond donors (Lipinski definition) is 0. The van der Waals surface area contributed by atoms with Gasteiger partial charge in [0.2, 0.25) is 0 Å². The van der Waals surface area contributed by atoms with Gasteiger partial charge in [-0.1, -0.05) is 109 Å². The van der Waals surface area contributed by atoms with Crippen molar-refractivity contribution in [2.75, 3.05) is 14.2 Å². The average Bonchev–Trinajstić information content (AvgIpc) is 3.56. The van der Waals surface area contributed by atoms with Crippen LogP contribution in [0.4, 0.5) is 0 Å². The van der Waals surface area contributed by atoms with Crippen LogP contribution >= 0.6 is 0 Å². The minimum absolute atomic E-state index is 0.304. The predicted octanol–water partition coefficient (Wildman–Crippen LogP) is 7.88. The number of ether oxygens (including phenoxy) is 4. The van der Waals surface area contributed by atoms with Crippen molar-refractivity contribution in [2.24, 2.45) is 0 Å². The van der Waals surface area contributed by atoms with Crippen molar-refractivity contribution in [3.8, 4) is 0 Å². The van der Waals surface area contributed by atoms with Crippen LogP contribution in [0.25, 0.3) is 0 Å². The molecule has 0 spiro atoms. The zero-order valence-corrected chi connectivity index (χ0v) is 34.4. The van der Waals surface area contributed by atoms with Crippen LogP contribution in [0.15, 0.2) is 133 Å². The highest BCUT2D eigenvalue weighted by Crippen LogP contribution is 2.49. The molecular formula is C46H54B2O8. The van der Waals surface area contributed by atoms with Crippen molar-refractivity contribution in [1.82, 2.24) is 0 Å². The van der Waals surface area contributed by atoms with Crippen LogP contribution in [0.2, 0.25) is 0 Å². The molecule has 1 aliphatic carbocycles. The Labute approximate surface area is 333 Å². The second kappa shape index (κ2) is 15.0. The van der Waals surface area contributed by atoms with E-state index in [9.17, 15) is 0 Å². The first-order valence-corrected chi connectivity index (χ1v) is 19.4. The van der Waals surface area contributed by atoms with E-state index < -0.39 is 47.8 Å². The molecule has 10 heteroatoms. The van der Waals surface area contributed by atoms with Crippen molar-refractivity contribution in [1.29, 1.82) is 0 Å². The van der Waals surface area contributed by atoms with Crippen LogP contribution in [0.3, 0.4) is 0 Å². The Hall–Kier alpha value is -4.15. The van der Waals surface area contributed by atoms with E-state index in [1.807, 2.05) is 121 Å². The summed E-state index contributed by atoms with van der Waals surface area (Å²) in [6.07, 6.45) is 3.98. The van der Waals surface area contributed by atoms with Crippen LogP contribution < -0.4 is 10.9 Å². The topological polar surface area (TPSA) is 73.8 Å². The lowest BCUT2D eigenvalue weighted by molar-refractivity contribution is -0.0469. The minimum atomic E-state index is -1.19. The molecule has 0 radical (unpaired) electrons. The van der Waals surface area contributed by atoms with E-state index in [1.54, 1.807) is 14.2 Å². The van der Waals surface area contributed by atoms with Gasteiger partial charge < -0.3 is 37.6 Å². The van der Waals surface area contributed by atoms with Gasteiger partial charge in [-0.25, -0.2) is 0 Å². The number of benzene rings is 4. The van der Waals surface area contributed by atoms with Gasteiger partial charge in [0.1, 0.15) is 24.7 Å². The van der Waals surface area contributed by atoms with Gasteiger partial charge >= 0.3 is 14.2 Å². The summed E-state index contributed by atoms with van der Waals surface area (Å²) < 4.78 is 52.3. The molecule has 2 aliphatic heterocycles. The van der Waals surface area contributed by atoms with Gasteiger partial charge in [-0.3, -0.25) is 0 Å². The maximum absolute atomic E-state index is 6.82. The molecule has 2 atom stereocenters. The Kier molecular flexibility index (Phi) is 10.7. The molecule has 2 fully saturated rings. The van der Waals surface area contributed by atoms with E-state index in [-0.39, 0.29) is 0 Å². The van der Waals surface area contributed by atoms with Crippen molar-refractivity contribution in [2.45, 2.75) is 102 Å². The summed E-state index contributed by atoms with van der Waals surface area (Å²) in [6.45, 7) is 17.0. The lowest BCUT2D eigenvalue weighted by Crippen LogP contribution is -2.42. The molecule has 0 N–H and O–H groups in total. The molecule has 0 amide bonds. The summed E-state index contributed by atoms with van der Waals surface area (Å²) in [7, 11) is 2.35. The Balaban J connectivity index is 1.32. The fourth-order valence-electron chi connectivity index (χ4n) is 7.23. The van der Waals surface area contributed by atoms with Gasteiger partial charge in [0.25, 0.3) is 0 Å². The molecule has 0 bridgehead atoms. The third-order valence-electron chi connectivity index (χ3n) is 12.2. The fourth-order valence-corrected chi connectivity index (χ4v) is 7.23. The Morgan fingerprint density at radius 1 is 0.429 bits per heavy atom. The van der Waals surface area contributed by atoms with Gasteiger partial charge in [0, 0.05) is 26.4 Å². The van der Waals surface area contributed by atoms with E-state index in [0.29, 0.717) is 24.7 Å². The Bertz CT molecular complexity index is 1860. The van der Waals surface area contributed by atoms with Gasteiger partial charge in [-0.2, -0.15) is 0 Å². The summed E-state index contributed by atoms with van der Waals surface area (Å²) in [4.78, 5) is 0. The molecular weight excluding hydrogens is 702 g/mol. The van der Waals surface area contributed by atoms with E-state index in [2.05, 4.69) is 55.4 Å². The molecule has 0 aromatic heterocycles. The van der Waals surface area contributed by atoms with Crippen LogP contribution in [0, 0.1) is 0 Å². The van der Waals surface area contributed by atoms with E-state index in [1.165, 1.54) is 0 Å². The highest BCUT2D eigenvalue weighted by atomic mass is 16.7. The minimum Gasteiger partial charge on any atom is -0.490 e. The van der Waals surface area contributed by atoms with Crippen molar-refractivity contribution in [3.63, 3.8) is 0 Å². The lowest BCUT2D eigenvalue weighted by Gasteiger charge is -2.42. The molecule has 2 heterocycles. The summed E-state index contributed by atoms with van der Waals surface area (Å²) in [5, 5.41) is 0. The fraction of sp³-hybridized carbons (Fsp3) is 0.391. The molecule has 4 aromatic rings. The first-order chi connectivity index (χ1) is 26.5. The largest absolute Gasteiger partial charge is 0.494 e. The molecule has 3 aliphatic rings. The normalized spacial score (nSPS) is 24.8. The van der Waals surface area contributed by atoms with Crippen LogP contribution in [-0.4, -0.2) is 50.9 Å². The molecule has 0 saturated carbocycles. The molecule has 8 nitrogen and oxygen atoms in total. The van der Waals surface area contributed by atoms with Gasteiger partial charge in [0.05, 0.1) is 22.4 Å². The highest BCUT2D eigenvalue weighted by molar-refractivity contribution is 6.62. The SMILES string of the molecule is COC1(c2ccc(B3OC(C)(C)C(C)(C)O3)cc2)C=C(OCc2ccccc2)C(OC)(c2ccc(B3OC(C)(C)C(C)(C)O3)cc2)C=C1OCc1ccccc1. The summed E-state index contributed by atoms with van der Waals surface area (Å²) >= 11 is 0. The third kappa shape index (κ3) is 7.28. The van der Waals surface area contributed by atoms with E-state index in [4.69, 9.17) is 37.6 Å². The van der Waals surface area contributed by atoms with Crippen LogP contribution in [0.1, 0.15) is 77.6 Å². The molecule has 292 valence electrons. The zero-order valence-electron chi connectivity index (χ0n) is 34.4. The highest BCUT2D eigenvalue weighted by Gasteiger charge is 2.54. The standard InChI is InChI=1S/C46H54B2O8/c1-41(2)42(3,4)54-47(53-41)37-25-21-35(22-26-37)45(49-9)29-40(52-32-34-19-15-12-16-20-34)46(50-10,30-39(45)51-31-33-17-13-11-14-18-33)36-23-27-38(28-24-36)48-55-43(5,6)44(7,8)56-48/h11-30H,31-32H2,1-10H3. The average molecular weight is 757 g/mol. The molecule has 2 saturated heterocycles. The first-order valence-electron chi connectivity index (χ1n) is 19.4. The first kappa shape index (κ1) is 40.1. The molecule has 7 rings (SSSR count). The number of hydrogen-bond acceptors (Lipinski definition) is 8. The molecule has 2 unspecified atom stereocenters. The zero-order chi connectivity index (χ0) is 40.0. The van der Waals surface area contributed by atoms with Crippen molar-refractivity contribution < 1.29 is 37.6 Å². The van der Waals surface area contributed by atoms with E-state index in [0.717, 1.165) is 33.2 Å². The van der Waals surface area contributed by atoms with Gasteiger partial charge in [-0.05, 0) is 88.6 Å². The Morgan fingerprint density at radius 3 is 1.02 bits per heavy atom. The quantitative estimate of drug-likeness (QED) is 0.135. The van der Waals surface area contributed by atoms with Crippen molar-refractivity contribution in [3.05, 3.63) is 155 Å². The monoisotopic (exact) mass is 756 g/mol. The summed E-state index contributed by atoms with van der Waals surface area (Å²) in [5.74, 6) is 1.10. The summed E-state index contributed by atoms with van der Waals surface area (Å²) in [6, 6.07) is 36.4. The summed E-state index contributed by atoms with van der Waals surface area (Å²) in [5.41, 5.74) is 1.26. The number of rotatable bonds is 12. The van der Waals surface area contributed by atoms with Crippen molar-refractivity contribution >= 4 is 25.2 Å². The van der Waals surface area contributed by atoms with Gasteiger partial charge in [0.15, 0.2) is 11.2 Å². The third-order valence-corrected chi connectivity index (χ3v) is 12.2. The second-order valence-corrected chi connectivity index (χ2v) is 16.9. The lowest BCUT2D eigenvalue weighted by atomic mass is 9.74. The predicted molar refractivity (Wildman–Crippen MR) is 220 cm³/mol. The second-order valence-electron chi connectivity index (χ2n) is 16.9. The maximum atomic E-state index is 6.82. The number of methoxy groups -OCH3 is 2. The maximum Gasteiger partial charge on any atom is 0.494 e. The Morgan fingerprint density at radius 2 is 0.732 bits per heavy atom. The van der Waals surface area contributed by atoms with Crippen LogP contribution in [0.5, 0.6) is 0 Å². The van der Waals surface area contributed by atoms with Gasteiger partial charge in [-0.15, -0.1) is 0 Å². The molecule has 4 aromatic carbocycles. The van der Waals surface area contributed by atoms with E-state index >= 15 is 0 Å². The molecule has 56 heavy (non-hydrogen) atoms.